The van der Waals surface area contributed by atoms with E-state index < -0.39 is 6.10 Å². The Morgan fingerprint density at radius 3 is 2.59 bits per heavy atom. The van der Waals surface area contributed by atoms with E-state index in [9.17, 15) is 9.18 Å². The molecule has 2 fully saturated rings. The van der Waals surface area contributed by atoms with Gasteiger partial charge in [0.1, 0.15) is 5.82 Å². The first-order valence-electron chi connectivity index (χ1n) is 9.39. The molecule has 0 N–H and O–H groups in total. The van der Waals surface area contributed by atoms with Gasteiger partial charge in [-0.3, -0.25) is 14.7 Å². The summed E-state index contributed by atoms with van der Waals surface area (Å²) in [6.07, 6.45) is 4.94. The molecule has 6 heteroatoms. The van der Waals surface area contributed by atoms with Crippen LogP contribution in [0.3, 0.4) is 0 Å². The van der Waals surface area contributed by atoms with Gasteiger partial charge in [-0.2, -0.15) is 0 Å². The number of benzene rings is 1. The van der Waals surface area contributed by atoms with Crippen LogP contribution < -0.4 is 0 Å². The van der Waals surface area contributed by atoms with E-state index >= 15 is 0 Å². The lowest BCUT2D eigenvalue weighted by Gasteiger charge is -2.52. The van der Waals surface area contributed by atoms with Crippen LogP contribution in [0.4, 0.5) is 4.39 Å². The number of likely N-dealkylation sites (tertiary alicyclic amines) is 2. The summed E-state index contributed by atoms with van der Waals surface area (Å²) >= 11 is 0. The van der Waals surface area contributed by atoms with E-state index in [0.29, 0.717) is 0 Å². The van der Waals surface area contributed by atoms with Gasteiger partial charge in [0.15, 0.2) is 6.10 Å². The number of halogens is 1. The lowest BCUT2D eigenvalue weighted by molar-refractivity contribution is -0.178. The number of nitrogens with zero attached hydrogens (tertiary/aromatic N) is 3. The molecule has 4 rings (SSSR count). The Bertz CT molecular complexity index is 793. The first kappa shape index (κ1) is 18.1. The summed E-state index contributed by atoms with van der Waals surface area (Å²) in [6.45, 7) is 2.53. The van der Waals surface area contributed by atoms with Gasteiger partial charge < -0.3 is 9.64 Å². The first-order chi connectivity index (χ1) is 13.2. The molecule has 0 unspecified atom stereocenters. The first-order valence-corrected chi connectivity index (χ1v) is 9.39. The van der Waals surface area contributed by atoms with Crippen LogP contribution in [-0.2, 0) is 16.1 Å². The van der Waals surface area contributed by atoms with E-state index in [-0.39, 0.29) is 23.8 Å². The molecule has 27 heavy (non-hydrogen) atoms. The van der Waals surface area contributed by atoms with Gasteiger partial charge in [-0.05, 0) is 48.2 Å². The van der Waals surface area contributed by atoms with Gasteiger partial charge in [0.2, 0.25) is 0 Å². The lowest BCUT2D eigenvalue weighted by Crippen LogP contribution is -2.64. The second-order valence-corrected chi connectivity index (χ2v) is 7.26. The molecule has 2 aliphatic heterocycles. The average Bonchev–Trinajstić information content (AvgIpc) is 2.68. The van der Waals surface area contributed by atoms with Gasteiger partial charge >= 0.3 is 0 Å². The van der Waals surface area contributed by atoms with Crippen molar-refractivity contribution in [2.24, 2.45) is 0 Å². The minimum atomic E-state index is -0.405. The molecular formula is C21H24FN3O2. The van der Waals surface area contributed by atoms with Crippen molar-refractivity contribution in [2.75, 3.05) is 20.2 Å². The number of methoxy groups -OCH3 is 1. The van der Waals surface area contributed by atoms with E-state index in [2.05, 4.69) is 9.88 Å². The summed E-state index contributed by atoms with van der Waals surface area (Å²) in [7, 11) is 1.59. The summed E-state index contributed by atoms with van der Waals surface area (Å²) < 4.78 is 18.8. The SMILES string of the molecule is CO[C@H]1C(=O)N(C2CCN(Cc3cccc(F)c3)CC2)[C@H]1c1ccncc1. The van der Waals surface area contributed by atoms with Crippen molar-refractivity contribution in [3.8, 4) is 0 Å². The predicted octanol–water partition coefficient (Wildman–Crippen LogP) is 2.78. The molecule has 0 saturated carbocycles. The number of carbonyl (C=O) groups is 1. The van der Waals surface area contributed by atoms with Crippen LogP contribution in [0.5, 0.6) is 0 Å². The molecule has 142 valence electrons. The van der Waals surface area contributed by atoms with E-state index in [0.717, 1.165) is 43.6 Å². The fourth-order valence-corrected chi connectivity index (χ4v) is 4.26. The summed E-state index contributed by atoms with van der Waals surface area (Å²) in [4.78, 5) is 21.0. The summed E-state index contributed by atoms with van der Waals surface area (Å²) in [5.74, 6) is -0.123. The maximum absolute atomic E-state index is 13.4. The van der Waals surface area contributed by atoms with E-state index in [1.165, 1.54) is 6.07 Å². The molecule has 2 saturated heterocycles. The lowest BCUT2D eigenvalue weighted by atomic mass is 9.86. The molecule has 3 heterocycles. The number of β-lactam (4-membered cyclic amide) rings is 1. The van der Waals surface area contributed by atoms with Crippen molar-refractivity contribution in [2.45, 2.75) is 37.6 Å². The summed E-state index contributed by atoms with van der Waals surface area (Å²) in [5.41, 5.74) is 2.06. The van der Waals surface area contributed by atoms with Crippen molar-refractivity contribution in [1.29, 1.82) is 0 Å². The van der Waals surface area contributed by atoms with Crippen molar-refractivity contribution < 1.29 is 13.9 Å². The van der Waals surface area contributed by atoms with E-state index in [1.54, 1.807) is 31.6 Å². The van der Waals surface area contributed by atoms with E-state index in [1.807, 2.05) is 23.1 Å². The van der Waals surface area contributed by atoms with Crippen molar-refractivity contribution >= 4 is 5.91 Å². The van der Waals surface area contributed by atoms with Crippen LogP contribution in [0.1, 0.15) is 30.0 Å². The fourth-order valence-electron chi connectivity index (χ4n) is 4.26. The molecule has 0 bridgehead atoms. The maximum atomic E-state index is 13.4. The molecule has 2 aromatic rings. The quantitative estimate of drug-likeness (QED) is 0.761. The molecule has 1 aromatic carbocycles. The highest BCUT2D eigenvalue weighted by Gasteiger charge is 2.51. The Labute approximate surface area is 158 Å². The van der Waals surface area contributed by atoms with Gasteiger partial charge in [-0.15, -0.1) is 0 Å². The third-order valence-corrected chi connectivity index (χ3v) is 5.63. The molecule has 0 spiro atoms. The Morgan fingerprint density at radius 1 is 1.19 bits per heavy atom. The zero-order valence-corrected chi connectivity index (χ0v) is 15.4. The van der Waals surface area contributed by atoms with Crippen LogP contribution in [0.2, 0.25) is 0 Å². The van der Waals surface area contributed by atoms with Gasteiger partial charge in [0.25, 0.3) is 5.91 Å². The normalized spacial score (nSPS) is 24.1. The molecule has 0 aliphatic carbocycles. The second-order valence-electron chi connectivity index (χ2n) is 7.26. The van der Waals surface area contributed by atoms with Gasteiger partial charge in [-0.25, -0.2) is 4.39 Å². The third kappa shape index (κ3) is 3.59. The molecule has 0 radical (unpaired) electrons. The number of piperidine rings is 1. The molecule has 2 aliphatic rings. The highest BCUT2D eigenvalue weighted by atomic mass is 19.1. The average molecular weight is 369 g/mol. The number of hydrogen-bond acceptors (Lipinski definition) is 4. The zero-order valence-electron chi connectivity index (χ0n) is 15.4. The number of pyridine rings is 1. The van der Waals surface area contributed by atoms with Gasteiger partial charge in [-0.1, -0.05) is 12.1 Å². The monoisotopic (exact) mass is 369 g/mol. The highest BCUT2D eigenvalue weighted by molar-refractivity contribution is 5.89. The number of hydrogen-bond donors (Lipinski definition) is 0. The fraction of sp³-hybridized carbons (Fsp3) is 0.429. The van der Waals surface area contributed by atoms with Crippen LogP contribution >= 0.6 is 0 Å². The molecule has 1 amide bonds. The zero-order chi connectivity index (χ0) is 18.8. The summed E-state index contributed by atoms with van der Waals surface area (Å²) in [6, 6.07) is 10.8. The number of amides is 1. The highest BCUT2D eigenvalue weighted by Crippen LogP contribution is 2.40. The standard InChI is InChI=1S/C21H24FN3O2/c1-27-20-19(16-5-9-23-10-6-16)25(21(20)26)18-7-11-24(12-8-18)14-15-3-2-4-17(22)13-15/h2-6,9-10,13,18-20H,7-8,11-12,14H2,1H3/t19-,20+/m0/s1. The molecular weight excluding hydrogens is 345 g/mol. The smallest absolute Gasteiger partial charge is 0.255 e. The maximum Gasteiger partial charge on any atom is 0.255 e. The van der Waals surface area contributed by atoms with Crippen LogP contribution in [0.15, 0.2) is 48.8 Å². The number of aromatic nitrogens is 1. The largest absolute Gasteiger partial charge is 0.369 e. The molecule has 2 atom stereocenters. The number of carbonyl (C=O) groups excluding carboxylic acids is 1. The van der Waals surface area contributed by atoms with Gasteiger partial charge in [0, 0.05) is 45.2 Å². The Balaban J connectivity index is 1.40. The van der Waals surface area contributed by atoms with Crippen LogP contribution in [0, 0.1) is 5.82 Å². The second kappa shape index (κ2) is 7.74. The van der Waals surface area contributed by atoms with Crippen molar-refractivity contribution in [3.05, 3.63) is 65.7 Å². The van der Waals surface area contributed by atoms with Crippen LogP contribution in [0.25, 0.3) is 0 Å². The minimum absolute atomic E-state index is 0.0368. The van der Waals surface area contributed by atoms with Crippen molar-refractivity contribution in [3.63, 3.8) is 0 Å². The predicted molar refractivity (Wildman–Crippen MR) is 99.3 cm³/mol. The summed E-state index contributed by atoms with van der Waals surface area (Å²) in [5, 5.41) is 0. The number of rotatable bonds is 5. The van der Waals surface area contributed by atoms with Crippen LogP contribution in [-0.4, -0.2) is 53.0 Å². The van der Waals surface area contributed by atoms with Crippen molar-refractivity contribution in [1.82, 2.24) is 14.8 Å². The third-order valence-electron chi connectivity index (χ3n) is 5.63. The molecule has 5 nitrogen and oxygen atoms in total. The molecule has 1 aromatic heterocycles. The van der Waals surface area contributed by atoms with E-state index in [4.69, 9.17) is 4.74 Å². The van der Waals surface area contributed by atoms with Gasteiger partial charge in [0.05, 0.1) is 6.04 Å². The minimum Gasteiger partial charge on any atom is -0.369 e. The Kier molecular flexibility index (Phi) is 5.18. The number of ether oxygens (including phenoxy) is 1. The Hall–Kier alpha value is -2.31. The topological polar surface area (TPSA) is 45.7 Å². The Morgan fingerprint density at radius 2 is 1.93 bits per heavy atom.